The van der Waals surface area contributed by atoms with Crippen molar-refractivity contribution >= 4 is 97.7 Å². The van der Waals surface area contributed by atoms with Gasteiger partial charge in [-0.3, -0.25) is 0 Å². The predicted octanol–water partition coefficient (Wildman–Crippen LogP) is 14.4. The molecule has 0 amide bonds. The van der Waals surface area contributed by atoms with Crippen molar-refractivity contribution in [3.63, 3.8) is 0 Å². The van der Waals surface area contributed by atoms with E-state index in [2.05, 4.69) is 214 Å². The fourth-order valence-corrected chi connectivity index (χ4v) is 10.1. The van der Waals surface area contributed by atoms with Crippen LogP contribution < -0.4 is 0 Å². The molecule has 0 radical (unpaired) electrons. The minimum Gasteiger partial charge on any atom is -0.309 e. The van der Waals surface area contributed by atoms with E-state index in [1.54, 1.807) is 0 Å². The fraction of sp³-hybridized carbons (Fsp3) is 0. The Morgan fingerprint density at radius 1 is 0.211 bits per heavy atom. The zero-order chi connectivity index (χ0) is 37.2. The van der Waals surface area contributed by atoms with Crippen LogP contribution in [0.5, 0.6) is 0 Å². The molecule has 0 aliphatic rings. The lowest BCUT2D eigenvalue weighted by Crippen LogP contribution is -2.00. The summed E-state index contributed by atoms with van der Waals surface area (Å²) in [6.45, 7) is 0. The van der Waals surface area contributed by atoms with Gasteiger partial charge in [0, 0.05) is 54.8 Å². The van der Waals surface area contributed by atoms with Gasteiger partial charge in [0.15, 0.2) is 0 Å². The van der Waals surface area contributed by atoms with Crippen LogP contribution in [0.15, 0.2) is 200 Å². The molecular formula is C54H33N3. The Balaban J connectivity index is 1.12. The number of fused-ring (bicyclic) bond motifs is 17. The highest BCUT2D eigenvalue weighted by molar-refractivity contribution is 6.36. The number of rotatable bonds is 3. The number of aromatic nitrogens is 3. The third-order valence-corrected chi connectivity index (χ3v) is 12.4. The molecule has 0 unspecified atom stereocenters. The highest BCUT2D eigenvalue weighted by Gasteiger charge is 2.23. The fourth-order valence-electron chi connectivity index (χ4n) is 10.1. The third-order valence-electron chi connectivity index (χ3n) is 12.4. The molecule has 13 aromatic rings. The van der Waals surface area contributed by atoms with Crippen molar-refractivity contribution in [2.45, 2.75) is 0 Å². The molecule has 3 aromatic heterocycles. The first-order valence-electron chi connectivity index (χ1n) is 19.7. The average molecular weight is 724 g/mol. The maximum absolute atomic E-state index is 2.49. The molecule has 0 aliphatic carbocycles. The van der Waals surface area contributed by atoms with Gasteiger partial charge in [0.1, 0.15) is 0 Å². The minimum absolute atomic E-state index is 1.13. The second-order valence-electron chi connectivity index (χ2n) is 15.2. The second-order valence-corrected chi connectivity index (χ2v) is 15.2. The Labute approximate surface area is 327 Å². The quantitative estimate of drug-likeness (QED) is 0.161. The van der Waals surface area contributed by atoms with Crippen molar-refractivity contribution in [1.29, 1.82) is 0 Å². The van der Waals surface area contributed by atoms with E-state index >= 15 is 0 Å². The van der Waals surface area contributed by atoms with Crippen LogP contribution in [0.4, 0.5) is 0 Å². The summed E-state index contributed by atoms with van der Waals surface area (Å²) in [5, 5.41) is 15.3. The first kappa shape index (κ1) is 30.7. The Morgan fingerprint density at radius 3 is 1.23 bits per heavy atom. The summed E-state index contributed by atoms with van der Waals surface area (Å²) in [4.78, 5) is 0. The number of hydrogen-bond acceptors (Lipinski definition) is 0. The molecule has 0 saturated heterocycles. The maximum Gasteiger partial charge on any atom is 0.0788 e. The van der Waals surface area contributed by atoms with E-state index in [-0.39, 0.29) is 0 Å². The lowest BCUT2D eigenvalue weighted by molar-refractivity contribution is 1.14. The molecule has 10 aromatic carbocycles. The predicted molar refractivity (Wildman–Crippen MR) is 242 cm³/mol. The van der Waals surface area contributed by atoms with Gasteiger partial charge in [-0.1, -0.05) is 146 Å². The summed E-state index contributed by atoms with van der Waals surface area (Å²) in [6, 6.07) is 73.6. The van der Waals surface area contributed by atoms with Gasteiger partial charge in [-0.15, -0.1) is 0 Å². The summed E-state index contributed by atoms with van der Waals surface area (Å²) >= 11 is 0. The van der Waals surface area contributed by atoms with Crippen LogP contribution in [0.25, 0.3) is 115 Å². The summed E-state index contributed by atoms with van der Waals surface area (Å²) < 4.78 is 7.42. The summed E-state index contributed by atoms with van der Waals surface area (Å²) in [6.07, 6.45) is 0. The number of nitrogens with zero attached hydrogens (tertiary/aromatic N) is 3. The van der Waals surface area contributed by atoms with Crippen molar-refractivity contribution in [2.75, 3.05) is 0 Å². The van der Waals surface area contributed by atoms with Gasteiger partial charge >= 0.3 is 0 Å². The molecule has 57 heavy (non-hydrogen) atoms. The molecule has 264 valence electrons. The van der Waals surface area contributed by atoms with Crippen LogP contribution in [-0.4, -0.2) is 13.7 Å². The molecule has 0 saturated carbocycles. The van der Waals surface area contributed by atoms with Gasteiger partial charge in [-0.25, -0.2) is 0 Å². The second kappa shape index (κ2) is 11.5. The lowest BCUT2D eigenvalue weighted by atomic mass is 9.93. The normalized spacial score (nSPS) is 12.2. The van der Waals surface area contributed by atoms with E-state index in [1.165, 1.54) is 97.7 Å². The van der Waals surface area contributed by atoms with Crippen LogP contribution in [0.2, 0.25) is 0 Å². The van der Waals surface area contributed by atoms with Crippen molar-refractivity contribution < 1.29 is 0 Å². The first-order chi connectivity index (χ1) is 28.3. The lowest BCUT2D eigenvalue weighted by Gasteiger charge is -2.15. The van der Waals surface area contributed by atoms with E-state index in [1.807, 2.05) is 0 Å². The summed E-state index contributed by atoms with van der Waals surface area (Å²) in [5.41, 5.74) is 10.7. The van der Waals surface area contributed by atoms with Crippen LogP contribution in [0.3, 0.4) is 0 Å². The Hall–Kier alpha value is -7.62. The Kier molecular flexibility index (Phi) is 6.16. The Morgan fingerprint density at radius 2 is 0.614 bits per heavy atom. The zero-order valence-corrected chi connectivity index (χ0v) is 30.9. The van der Waals surface area contributed by atoms with Crippen LogP contribution in [-0.2, 0) is 0 Å². The van der Waals surface area contributed by atoms with Crippen molar-refractivity contribution in [3.05, 3.63) is 200 Å². The van der Waals surface area contributed by atoms with E-state index in [4.69, 9.17) is 0 Å². The number of hydrogen-bond donors (Lipinski definition) is 0. The molecule has 0 atom stereocenters. The van der Waals surface area contributed by atoms with Crippen molar-refractivity contribution in [2.24, 2.45) is 0 Å². The summed E-state index contributed by atoms with van der Waals surface area (Å²) in [5.74, 6) is 0. The van der Waals surface area contributed by atoms with E-state index in [9.17, 15) is 0 Å². The van der Waals surface area contributed by atoms with Gasteiger partial charge < -0.3 is 13.7 Å². The topological polar surface area (TPSA) is 14.8 Å². The van der Waals surface area contributed by atoms with Crippen LogP contribution >= 0.6 is 0 Å². The molecular weight excluding hydrogens is 691 g/mol. The third kappa shape index (κ3) is 4.10. The van der Waals surface area contributed by atoms with Crippen molar-refractivity contribution in [3.8, 4) is 17.1 Å². The minimum atomic E-state index is 1.13. The smallest absolute Gasteiger partial charge is 0.0788 e. The molecule has 3 heteroatoms. The molecule has 3 heterocycles. The van der Waals surface area contributed by atoms with E-state index in [0.29, 0.717) is 0 Å². The summed E-state index contributed by atoms with van der Waals surface area (Å²) in [7, 11) is 0. The molecule has 0 aliphatic heterocycles. The SMILES string of the molecule is c1ccc(-n2c3ccccc3c3ccc4c5ccccc5n(-c5ccc(-n6c7ccccc7c7c8ccc9ccccc9c8c8ccccc8c76)cc5)c4c32)cc1. The maximum atomic E-state index is 2.49. The molecule has 0 N–H and O–H groups in total. The van der Waals surface area contributed by atoms with Gasteiger partial charge in [0.2, 0.25) is 0 Å². The number of para-hydroxylation sites is 4. The van der Waals surface area contributed by atoms with Crippen molar-refractivity contribution in [1.82, 2.24) is 13.7 Å². The first-order valence-corrected chi connectivity index (χ1v) is 19.7. The molecule has 0 bridgehead atoms. The molecule has 13 rings (SSSR count). The molecule has 0 spiro atoms. The largest absolute Gasteiger partial charge is 0.309 e. The molecule has 3 nitrogen and oxygen atoms in total. The molecule has 0 fully saturated rings. The van der Waals surface area contributed by atoms with Gasteiger partial charge in [0.05, 0.1) is 33.1 Å². The average Bonchev–Trinajstić information content (AvgIpc) is 3.93. The van der Waals surface area contributed by atoms with E-state index in [0.717, 1.165) is 17.1 Å². The standard InChI is InChI=1S/C54H33N3/c1-2-15-35(16-3-1)56-47-23-11-8-18-39(47)43-32-33-44-40-19-9-12-24-48(40)57(54(44)53(43)56)37-29-27-36(28-30-37)55-49-25-13-10-22-45(49)51-46-31-26-34-14-4-5-17-38(34)50(46)41-20-6-7-21-42(41)52(51)55/h1-33H. The number of benzene rings is 10. The van der Waals surface area contributed by atoms with Gasteiger partial charge in [-0.05, 0) is 81.5 Å². The van der Waals surface area contributed by atoms with Crippen LogP contribution in [0.1, 0.15) is 0 Å². The van der Waals surface area contributed by atoms with E-state index < -0.39 is 0 Å². The van der Waals surface area contributed by atoms with Crippen LogP contribution in [0, 0.1) is 0 Å². The zero-order valence-electron chi connectivity index (χ0n) is 30.9. The van der Waals surface area contributed by atoms with Gasteiger partial charge in [-0.2, -0.15) is 0 Å². The highest BCUT2D eigenvalue weighted by Crippen LogP contribution is 2.45. The Bertz CT molecular complexity index is 3790. The highest BCUT2D eigenvalue weighted by atomic mass is 15.0. The monoisotopic (exact) mass is 723 g/mol. The van der Waals surface area contributed by atoms with Gasteiger partial charge in [0.25, 0.3) is 0 Å².